The molecule has 0 amide bonds. The van der Waals surface area contributed by atoms with Crippen molar-refractivity contribution < 1.29 is 24.9 Å². The number of hydrogen-bond acceptors (Lipinski definition) is 5. The Morgan fingerprint density at radius 3 is 1.70 bits per heavy atom. The summed E-state index contributed by atoms with van der Waals surface area (Å²) in [6, 6.07) is 0. The molecule has 0 aromatic rings. The van der Waals surface area contributed by atoms with E-state index in [9.17, 15) is 20.1 Å². The summed E-state index contributed by atoms with van der Waals surface area (Å²) in [5.41, 5.74) is 0. The molecule has 0 bridgehead atoms. The van der Waals surface area contributed by atoms with Crippen LogP contribution in [0.25, 0.3) is 0 Å². The number of unbranched alkanes of at least 4 members (excludes halogenated alkanes) is 6. The van der Waals surface area contributed by atoms with Gasteiger partial charge in [-0.05, 0) is 49.9 Å². The Kier molecular flexibility index (Phi) is 18.3. The lowest BCUT2D eigenvalue weighted by Gasteiger charge is -2.24. The monoisotopic (exact) mass is 388 g/mol. The second-order valence-corrected chi connectivity index (χ2v) is 8.00. The summed E-state index contributed by atoms with van der Waals surface area (Å²) in [6.07, 6.45) is 12.9. The van der Waals surface area contributed by atoms with Gasteiger partial charge in [0.15, 0.2) is 0 Å². The van der Waals surface area contributed by atoms with Gasteiger partial charge in [0.1, 0.15) is 0 Å². The molecule has 0 heterocycles. The van der Waals surface area contributed by atoms with Crippen LogP contribution in [0.3, 0.4) is 0 Å². The molecular formula is C22H44O5. The quantitative estimate of drug-likeness (QED) is 0.229. The van der Waals surface area contributed by atoms with Crippen LogP contribution in [0.5, 0.6) is 0 Å². The fraction of sp³-hybridized carbons (Fsp3) is 0.955. The molecule has 3 N–H and O–H groups in total. The van der Waals surface area contributed by atoms with Crippen molar-refractivity contribution in [3.05, 3.63) is 0 Å². The number of carbonyl (C=O) groups is 1. The van der Waals surface area contributed by atoms with Crippen molar-refractivity contribution in [2.75, 3.05) is 26.9 Å². The molecule has 5 nitrogen and oxygen atoms in total. The molecule has 3 atom stereocenters. The van der Waals surface area contributed by atoms with E-state index in [1.165, 1.54) is 20.0 Å². The normalized spacial score (nSPS) is 14.7. The van der Waals surface area contributed by atoms with Crippen LogP contribution in [0.15, 0.2) is 0 Å². The minimum absolute atomic E-state index is 0.133. The second kappa shape index (κ2) is 18.7. The van der Waals surface area contributed by atoms with Gasteiger partial charge < -0.3 is 20.1 Å². The van der Waals surface area contributed by atoms with Crippen molar-refractivity contribution >= 4 is 5.97 Å². The first-order valence-corrected chi connectivity index (χ1v) is 11.0. The lowest BCUT2D eigenvalue weighted by molar-refractivity contribution is -0.140. The molecule has 0 aliphatic heterocycles. The van der Waals surface area contributed by atoms with Crippen molar-refractivity contribution in [1.29, 1.82) is 0 Å². The van der Waals surface area contributed by atoms with Crippen molar-refractivity contribution in [2.24, 2.45) is 17.8 Å². The summed E-state index contributed by atoms with van der Waals surface area (Å²) in [5.74, 6) is 0.525. The van der Waals surface area contributed by atoms with Gasteiger partial charge in [0.2, 0.25) is 0 Å². The summed E-state index contributed by atoms with van der Waals surface area (Å²) in [7, 11) is 1.42. The van der Waals surface area contributed by atoms with Gasteiger partial charge in [-0.15, -0.1) is 0 Å². The predicted octanol–water partition coefficient (Wildman–Crippen LogP) is 4.08. The fourth-order valence-electron chi connectivity index (χ4n) is 3.77. The summed E-state index contributed by atoms with van der Waals surface area (Å²) in [6.45, 7) is 2.66. The van der Waals surface area contributed by atoms with Gasteiger partial charge in [-0.3, -0.25) is 4.79 Å². The van der Waals surface area contributed by atoms with E-state index in [1.807, 2.05) is 0 Å². The molecule has 0 aliphatic rings. The topological polar surface area (TPSA) is 87.0 Å². The molecule has 0 spiro atoms. The molecule has 0 radical (unpaired) electrons. The van der Waals surface area contributed by atoms with Gasteiger partial charge in [-0.1, -0.05) is 51.9 Å². The zero-order valence-electron chi connectivity index (χ0n) is 17.7. The third kappa shape index (κ3) is 15.0. The van der Waals surface area contributed by atoms with E-state index in [-0.39, 0.29) is 43.5 Å². The van der Waals surface area contributed by atoms with Gasteiger partial charge in [0.25, 0.3) is 0 Å². The molecule has 0 aromatic carbocycles. The Hall–Kier alpha value is -0.650. The molecule has 5 heteroatoms. The van der Waals surface area contributed by atoms with Crippen LogP contribution in [0.4, 0.5) is 0 Å². The highest BCUT2D eigenvalue weighted by molar-refractivity contribution is 5.68. The number of methoxy groups -OCH3 is 1. The molecule has 0 rings (SSSR count). The Labute approximate surface area is 166 Å². The van der Waals surface area contributed by atoms with E-state index < -0.39 is 0 Å². The van der Waals surface area contributed by atoms with Crippen LogP contribution >= 0.6 is 0 Å². The van der Waals surface area contributed by atoms with Gasteiger partial charge in [0, 0.05) is 26.2 Å². The van der Waals surface area contributed by atoms with Gasteiger partial charge in [0.05, 0.1) is 7.11 Å². The van der Waals surface area contributed by atoms with E-state index in [0.29, 0.717) is 6.42 Å². The summed E-state index contributed by atoms with van der Waals surface area (Å²) in [5, 5.41) is 29.0. The first-order valence-electron chi connectivity index (χ1n) is 11.0. The van der Waals surface area contributed by atoms with Gasteiger partial charge in [-0.2, -0.15) is 0 Å². The summed E-state index contributed by atoms with van der Waals surface area (Å²) < 4.78 is 4.63. The van der Waals surface area contributed by atoms with Gasteiger partial charge >= 0.3 is 5.97 Å². The summed E-state index contributed by atoms with van der Waals surface area (Å²) in [4.78, 5) is 11.0. The van der Waals surface area contributed by atoms with Crippen LogP contribution in [-0.4, -0.2) is 48.2 Å². The van der Waals surface area contributed by atoms with Crippen LogP contribution in [0, 0.1) is 17.8 Å². The van der Waals surface area contributed by atoms with Gasteiger partial charge in [-0.25, -0.2) is 0 Å². The number of aliphatic hydroxyl groups excluding tert-OH is 3. The molecule has 0 saturated heterocycles. The number of aliphatic hydroxyl groups is 3. The highest BCUT2D eigenvalue weighted by atomic mass is 16.5. The minimum Gasteiger partial charge on any atom is -0.469 e. The van der Waals surface area contributed by atoms with Crippen molar-refractivity contribution in [3.8, 4) is 0 Å². The van der Waals surface area contributed by atoms with Crippen molar-refractivity contribution in [3.63, 3.8) is 0 Å². The Balaban J connectivity index is 3.99. The van der Waals surface area contributed by atoms with Crippen molar-refractivity contribution in [2.45, 2.75) is 90.4 Å². The zero-order valence-corrected chi connectivity index (χ0v) is 17.7. The SMILES string of the molecule is CCCCCC(CO)CC(CO)CC(CO)CCCCCCCC(=O)OC. The number of esters is 1. The smallest absolute Gasteiger partial charge is 0.305 e. The first kappa shape index (κ1) is 26.4. The largest absolute Gasteiger partial charge is 0.469 e. The number of hydrogen-bond donors (Lipinski definition) is 3. The molecule has 27 heavy (non-hydrogen) atoms. The fourth-order valence-corrected chi connectivity index (χ4v) is 3.77. The first-order chi connectivity index (χ1) is 13.1. The van der Waals surface area contributed by atoms with Crippen LogP contribution in [-0.2, 0) is 9.53 Å². The van der Waals surface area contributed by atoms with Crippen LogP contribution in [0.1, 0.15) is 90.4 Å². The Bertz CT molecular complexity index is 335. The van der Waals surface area contributed by atoms with E-state index in [1.54, 1.807) is 0 Å². The third-order valence-corrected chi connectivity index (χ3v) is 5.54. The average Bonchev–Trinajstić information content (AvgIpc) is 2.69. The second-order valence-electron chi connectivity index (χ2n) is 8.00. The highest BCUT2D eigenvalue weighted by Crippen LogP contribution is 2.26. The van der Waals surface area contributed by atoms with E-state index in [2.05, 4.69) is 11.7 Å². The average molecular weight is 389 g/mol. The molecule has 0 saturated carbocycles. The molecular weight excluding hydrogens is 344 g/mol. The highest BCUT2D eigenvalue weighted by Gasteiger charge is 2.19. The van der Waals surface area contributed by atoms with E-state index in [4.69, 9.17) is 0 Å². The van der Waals surface area contributed by atoms with Crippen LogP contribution < -0.4 is 0 Å². The maximum Gasteiger partial charge on any atom is 0.305 e. The zero-order chi connectivity index (χ0) is 20.3. The van der Waals surface area contributed by atoms with E-state index >= 15 is 0 Å². The maximum atomic E-state index is 11.0. The molecule has 0 aliphatic carbocycles. The Morgan fingerprint density at radius 2 is 1.22 bits per heavy atom. The van der Waals surface area contributed by atoms with E-state index in [0.717, 1.165) is 64.2 Å². The maximum absolute atomic E-state index is 11.0. The third-order valence-electron chi connectivity index (χ3n) is 5.54. The van der Waals surface area contributed by atoms with Crippen molar-refractivity contribution in [1.82, 2.24) is 0 Å². The minimum atomic E-state index is -0.138. The molecule has 3 unspecified atom stereocenters. The van der Waals surface area contributed by atoms with Crippen LogP contribution in [0.2, 0.25) is 0 Å². The number of ether oxygens (including phenoxy) is 1. The Morgan fingerprint density at radius 1 is 0.741 bits per heavy atom. The summed E-state index contributed by atoms with van der Waals surface area (Å²) >= 11 is 0. The predicted molar refractivity (Wildman–Crippen MR) is 109 cm³/mol. The number of rotatable bonds is 19. The molecule has 162 valence electrons. The lowest BCUT2D eigenvalue weighted by atomic mass is 9.84. The standard InChI is InChI=1S/C22H44O5/c1-3-4-8-11-19(16-23)14-21(18-25)15-20(17-24)12-9-6-5-7-10-13-22(26)27-2/h19-21,23-25H,3-18H2,1-2H3. The number of carbonyl (C=O) groups excluding carboxylic acids is 1. The lowest BCUT2D eigenvalue weighted by Crippen LogP contribution is -2.20. The molecule has 0 aromatic heterocycles. The molecule has 0 fully saturated rings.